The summed E-state index contributed by atoms with van der Waals surface area (Å²) in [6.45, 7) is -0.272. The van der Waals surface area contributed by atoms with Crippen molar-refractivity contribution in [3.63, 3.8) is 0 Å². The number of aromatic nitrogens is 2. The average Bonchev–Trinajstić information content (AvgIpc) is 2.57. The van der Waals surface area contributed by atoms with E-state index in [0.29, 0.717) is 12.1 Å². The first-order valence-electron chi connectivity index (χ1n) is 5.26. The van der Waals surface area contributed by atoms with E-state index in [1.54, 1.807) is 0 Å². The van der Waals surface area contributed by atoms with Crippen molar-refractivity contribution in [1.29, 1.82) is 0 Å². The summed E-state index contributed by atoms with van der Waals surface area (Å²) in [7, 11) is 1.52. The summed E-state index contributed by atoms with van der Waals surface area (Å²) in [4.78, 5) is 34.4. The number of aliphatic hydroxyl groups is 1. The van der Waals surface area contributed by atoms with Crippen LogP contribution in [0.25, 0.3) is 0 Å². The van der Waals surface area contributed by atoms with Crippen molar-refractivity contribution in [2.24, 2.45) is 7.05 Å². The van der Waals surface area contributed by atoms with Crippen LogP contribution in [0.2, 0.25) is 0 Å². The topological polar surface area (TPSA) is 93.3 Å². The average molecular weight is 239 g/mol. The molecule has 0 aliphatic carbocycles. The highest BCUT2D eigenvalue weighted by atomic mass is 16.3. The third-order valence-corrected chi connectivity index (χ3v) is 2.93. The van der Waals surface area contributed by atoms with E-state index in [1.807, 2.05) is 0 Å². The lowest BCUT2D eigenvalue weighted by Gasteiger charge is -2.20. The predicted octanol–water partition coefficient (Wildman–Crippen LogP) is -1.34. The van der Waals surface area contributed by atoms with Crippen molar-refractivity contribution in [1.82, 2.24) is 14.5 Å². The molecule has 0 aromatic carbocycles. The smallest absolute Gasteiger partial charge is 0.328 e. The van der Waals surface area contributed by atoms with E-state index in [9.17, 15) is 14.4 Å². The molecule has 17 heavy (non-hydrogen) atoms. The van der Waals surface area contributed by atoms with Crippen LogP contribution in [0, 0.1) is 0 Å². The molecule has 1 aliphatic heterocycles. The highest BCUT2D eigenvalue weighted by Gasteiger charge is 2.29. The Hall–Kier alpha value is -1.89. The third kappa shape index (κ3) is 1.89. The van der Waals surface area contributed by atoms with Gasteiger partial charge in [0, 0.05) is 19.7 Å². The quantitative estimate of drug-likeness (QED) is 0.624. The van der Waals surface area contributed by atoms with Crippen LogP contribution in [-0.2, 0) is 23.2 Å². The van der Waals surface area contributed by atoms with E-state index in [-0.39, 0.29) is 24.6 Å². The molecule has 1 fully saturated rings. The third-order valence-electron chi connectivity index (χ3n) is 2.93. The van der Waals surface area contributed by atoms with Crippen LogP contribution in [0.4, 0.5) is 0 Å². The monoisotopic (exact) mass is 239 g/mol. The minimum absolute atomic E-state index is 0.214. The Morgan fingerprint density at radius 1 is 1.47 bits per heavy atom. The first-order valence-corrected chi connectivity index (χ1v) is 5.26. The zero-order valence-corrected chi connectivity index (χ0v) is 9.34. The lowest BCUT2D eigenvalue weighted by molar-refractivity contribution is -0.135. The van der Waals surface area contributed by atoms with Crippen LogP contribution >= 0.6 is 0 Å². The number of nitrogens with zero attached hydrogens (tertiary/aromatic N) is 2. The zero-order chi connectivity index (χ0) is 12.6. The second kappa shape index (κ2) is 4.17. The van der Waals surface area contributed by atoms with Gasteiger partial charge in [-0.3, -0.25) is 24.0 Å². The van der Waals surface area contributed by atoms with Gasteiger partial charge < -0.3 is 5.11 Å². The number of carbonyl (C=O) groups excluding carboxylic acids is 2. The van der Waals surface area contributed by atoms with E-state index < -0.39 is 11.9 Å². The predicted molar refractivity (Wildman–Crippen MR) is 57.0 cm³/mol. The molecule has 2 heterocycles. The zero-order valence-electron chi connectivity index (χ0n) is 9.34. The number of piperidine rings is 1. The van der Waals surface area contributed by atoms with Crippen molar-refractivity contribution >= 4 is 11.8 Å². The molecule has 1 saturated heterocycles. The normalized spacial score (nSPS) is 20.5. The molecule has 0 radical (unpaired) electrons. The van der Waals surface area contributed by atoms with Gasteiger partial charge in [-0.2, -0.15) is 0 Å². The number of nitrogens with one attached hydrogen (secondary N) is 1. The van der Waals surface area contributed by atoms with Crippen molar-refractivity contribution in [3.05, 3.63) is 22.4 Å². The number of hydrogen-bond acceptors (Lipinski definition) is 4. The maximum Gasteiger partial charge on any atom is 0.328 e. The summed E-state index contributed by atoms with van der Waals surface area (Å²) in [6.07, 6.45) is 1.97. The van der Waals surface area contributed by atoms with Gasteiger partial charge in [0.15, 0.2) is 0 Å². The Labute approximate surface area is 96.7 Å². The van der Waals surface area contributed by atoms with Crippen LogP contribution in [0.5, 0.6) is 0 Å². The van der Waals surface area contributed by atoms with Gasteiger partial charge in [0.1, 0.15) is 6.04 Å². The fraction of sp³-hybridized carbons (Fsp3) is 0.500. The van der Waals surface area contributed by atoms with Crippen molar-refractivity contribution in [2.75, 3.05) is 0 Å². The lowest BCUT2D eigenvalue weighted by atomic mass is 10.1. The number of aliphatic hydroxyl groups excluding tert-OH is 1. The number of amides is 2. The van der Waals surface area contributed by atoms with Crippen LogP contribution in [0.1, 0.15) is 24.6 Å². The minimum atomic E-state index is -0.674. The van der Waals surface area contributed by atoms with Gasteiger partial charge in [-0.15, -0.1) is 0 Å². The Balaban J connectivity index is 2.38. The molecule has 0 saturated carbocycles. The molecular formula is C10H13N3O4. The molecule has 0 bridgehead atoms. The molecule has 1 unspecified atom stereocenters. The number of carbonyl (C=O) groups is 2. The minimum Gasteiger partial charge on any atom is -0.390 e. The second-order valence-corrected chi connectivity index (χ2v) is 3.99. The van der Waals surface area contributed by atoms with Gasteiger partial charge in [-0.05, 0) is 6.42 Å². The van der Waals surface area contributed by atoms with E-state index in [2.05, 4.69) is 5.32 Å². The molecule has 7 nitrogen and oxygen atoms in total. The summed E-state index contributed by atoms with van der Waals surface area (Å²) in [5.41, 5.74) is 0.0586. The Morgan fingerprint density at radius 2 is 2.18 bits per heavy atom. The largest absolute Gasteiger partial charge is 0.390 e. The van der Waals surface area contributed by atoms with Crippen molar-refractivity contribution in [2.45, 2.75) is 25.5 Å². The number of rotatable bonds is 2. The van der Waals surface area contributed by atoms with E-state index in [4.69, 9.17) is 5.11 Å². The molecular weight excluding hydrogens is 226 g/mol. The first kappa shape index (κ1) is 11.6. The standard InChI is InChI=1S/C10H13N3O4/c1-12-6(5-14)4-13(10(12)17)7-2-3-8(15)11-9(7)16/h4,7,14H,2-3,5H2,1H3,(H,11,15,16). The number of imidazole rings is 1. The van der Waals surface area contributed by atoms with Gasteiger partial charge >= 0.3 is 5.69 Å². The summed E-state index contributed by atoms with van der Waals surface area (Å²) >= 11 is 0. The SMILES string of the molecule is Cn1c(CO)cn(C2CCC(=O)NC2=O)c1=O. The number of hydrogen-bond donors (Lipinski definition) is 2. The van der Waals surface area contributed by atoms with Crippen LogP contribution in [-0.4, -0.2) is 26.1 Å². The summed E-state index contributed by atoms with van der Waals surface area (Å²) in [5, 5.41) is 11.2. The molecule has 2 rings (SSSR count). The molecule has 0 spiro atoms. The van der Waals surface area contributed by atoms with Crippen LogP contribution in [0.3, 0.4) is 0 Å². The second-order valence-electron chi connectivity index (χ2n) is 3.99. The van der Waals surface area contributed by atoms with Gasteiger partial charge in [-0.25, -0.2) is 4.79 Å². The summed E-state index contributed by atoms with van der Waals surface area (Å²) in [6, 6.07) is -0.674. The van der Waals surface area contributed by atoms with Gasteiger partial charge in [-0.1, -0.05) is 0 Å². The van der Waals surface area contributed by atoms with Crippen LogP contribution < -0.4 is 11.0 Å². The van der Waals surface area contributed by atoms with E-state index >= 15 is 0 Å². The summed E-state index contributed by atoms with van der Waals surface area (Å²) in [5.74, 6) is -0.795. The molecule has 1 aromatic heterocycles. The van der Waals surface area contributed by atoms with Crippen molar-refractivity contribution < 1.29 is 14.7 Å². The molecule has 1 aliphatic rings. The molecule has 7 heteroatoms. The fourth-order valence-electron chi connectivity index (χ4n) is 1.92. The Kier molecular flexibility index (Phi) is 2.84. The molecule has 1 aromatic rings. The fourth-order valence-corrected chi connectivity index (χ4v) is 1.92. The van der Waals surface area contributed by atoms with E-state index in [0.717, 1.165) is 0 Å². The van der Waals surface area contributed by atoms with Crippen molar-refractivity contribution in [3.8, 4) is 0 Å². The van der Waals surface area contributed by atoms with E-state index in [1.165, 1.54) is 22.4 Å². The molecule has 92 valence electrons. The highest BCUT2D eigenvalue weighted by Crippen LogP contribution is 2.17. The summed E-state index contributed by atoms with van der Waals surface area (Å²) < 4.78 is 2.54. The molecule has 2 N–H and O–H groups in total. The maximum atomic E-state index is 11.8. The van der Waals surface area contributed by atoms with Gasteiger partial charge in [0.05, 0.1) is 12.3 Å². The van der Waals surface area contributed by atoms with Gasteiger partial charge in [0.2, 0.25) is 11.8 Å². The highest BCUT2D eigenvalue weighted by molar-refractivity contribution is 5.99. The molecule has 2 amide bonds. The maximum absolute atomic E-state index is 11.8. The van der Waals surface area contributed by atoms with Gasteiger partial charge in [0.25, 0.3) is 0 Å². The lowest BCUT2D eigenvalue weighted by Crippen LogP contribution is -2.44. The van der Waals surface area contributed by atoms with Crippen LogP contribution in [0.15, 0.2) is 11.0 Å². The number of imide groups is 1. The Morgan fingerprint density at radius 3 is 2.71 bits per heavy atom. The first-order chi connectivity index (χ1) is 8.04. The Bertz CT molecular complexity index is 528. The molecule has 1 atom stereocenters.